The predicted molar refractivity (Wildman–Crippen MR) is 132 cm³/mol. The number of halogens is 1. The number of hydrogen-bond acceptors (Lipinski definition) is 6. The highest BCUT2D eigenvalue weighted by atomic mass is 35.5. The molecule has 182 valence electrons. The van der Waals surface area contributed by atoms with E-state index in [2.05, 4.69) is 0 Å². The van der Waals surface area contributed by atoms with E-state index in [1.165, 1.54) is 34.2 Å². The molecule has 2 N–H and O–H groups in total. The summed E-state index contributed by atoms with van der Waals surface area (Å²) in [5, 5.41) is 0. The molecule has 1 aliphatic carbocycles. The summed E-state index contributed by atoms with van der Waals surface area (Å²) in [5.41, 5.74) is 7.13. The van der Waals surface area contributed by atoms with Gasteiger partial charge >= 0.3 is 0 Å². The molecule has 0 bridgehead atoms. The fourth-order valence-electron chi connectivity index (χ4n) is 4.30. The van der Waals surface area contributed by atoms with Gasteiger partial charge in [0.05, 0.1) is 26.9 Å². The molecule has 1 saturated carbocycles. The van der Waals surface area contributed by atoms with Crippen LogP contribution in [0.15, 0.2) is 30.3 Å². The lowest BCUT2D eigenvalue weighted by Gasteiger charge is -2.24. The van der Waals surface area contributed by atoms with E-state index in [-0.39, 0.29) is 18.3 Å². The van der Waals surface area contributed by atoms with E-state index in [4.69, 9.17) is 24.7 Å². The van der Waals surface area contributed by atoms with Gasteiger partial charge in [-0.2, -0.15) is 0 Å². The molecule has 2 aromatic carbocycles. The smallest absolute Gasteiger partial charge is 0.257 e. The van der Waals surface area contributed by atoms with Gasteiger partial charge in [0.15, 0.2) is 11.5 Å². The van der Waals surface area contributed by atoms with Crippen LogP contribution in [0.25, 0.3) is 0 Å². The second-order valence-corrected chi connectivity index (χ2v) is 8.14. The lowest BCUT2D eigenvalue weighted by molar-refractivity contribution is 0.0768. The second kappa shape index (κ2) is 12.6. The zero-order valence-corrected chi connectivity index (χ0v) is 20.7. The first-order chi connectivity index (χ1) is 15.5. The van der Waals surface area contributed by atoms with Crippen LogP contribution in [0.3, 0.4) is 0 Å². The Morgan fingerprint density at radius 1 is 1.00 bits per heavy atom. The first kappa shape index (κ1) is 26.6. The van der Waals surface area contributed by atoms with Gasteiger partial charge in [-0.05, 0) is 49.4 Å². The van der Waals surface area contributed by atoms with Crippen molar-refractivity contribution in [3.63, 3.8) is 0 Å². The summed E-state index contributed by atoms with van der Waals surface area (Å²) in [6, 6.07) is 9.35. The second-order valence-electron chi connectivity index (χ2n) is 8.14. The minimum atomic E-state index is -0.141. The fourth-order valence-corrected chi connectivity index (χ4v) is 4.30. The largest absolute Gasteiger partial charge is 0.492 e. The van der Waals surface area contributed by atoms with Crippen LogP contribution < -0.4 is 24.7 Å². The molecular weight excluding hydrogens is 444 g/mol. The average Bonchev–Trinajstić information content (AvgIpc) is 3.32. The lowest BCUT2D eigenvalue weighted by atomic mass is 10.1. The van der Waals surface area contributed by atoms with Gasteiger partial charge in [-0.25, -0.2) is 0 Å². The monoisotopic (exact) mass is 478 g/mol. The van der Waals surface area contributed by atoms with E-state index in [0.717, 1.165) is 31.4 Å². The van der Waals surface area contributed by atoms with Crippen LogP contribution in [0.4, 0.5) is 0 Å². The van der Waals surface area contributed by atoms with Crippen molar-refractivity contribution in [1.82, 2.24) is 4.90 Å². The highest BCUT2D eigenvalue weighted by Crippen LogP contribution is 2.48. The molecule has 7 nitrogen and oxygen atoms in total. The number of amides is 1. The molecule has 0 saturated heterocycles. The van der Waals surface area contributed by atoms with Gasteiger partial charge in [0.2, 0.25) is 11.5 Å². The highest BCUT2D eigenvalue weighted by molar-refractivity contribution is 5.99. The van der Waals surface area contributed by atoms with Crippen LogP contribution in [0.5, 0.6) is 28.7 Å². The van der Waals surface area contributed by atoms with Gasteiger partial charge in [0, 0.05) is 19.7 Å². The zero-order valence-electron chi connectivity index (χ0n) is 19.9. The molecule has 0 spiro atoms. The molecule has 0 atom stereocenters. The predicted octanol–water partition coefficient (Wildman–Crippen LogP) is 4.69. The van der Waals surface area contributed by atoms with E-state index in [0.29, 0.717) is 46.8 Å². The van der Waals surface area contributed by atoms with E-state index in [9.17, 15) is 4.79 Å². The molecule has 0 unspecified atom stereocenters. The van der Waals surface area contributed by atoms with Crippen molar-refractivity contribution in [2.45, 2.75) is 32.1 Å². The van der Waals surface area contributed by atoms with Gasteiger partial charge in [0.1, 0.15) is 5.75 Å². The lowest BCUT2D eigenvalue weighted by Crippen LogP contribution is -2.31. The summed E-state index contributed by atoms with van der Waals surface area (Å²) in [6.45, 7) is 1.30. The van der Waals surface area contributed by atoms with Crippen LogP contribution in [0.1, 0.15) is 41.6 Å². The third-order valence-corrected chi connectivity index (χ3v) is 5.94. The van der Waals surface area contributed by atoms with E-state index in [1.807, 2.05) is 31.3 Å². The number of nitrogens with zero attached hydrogens (tertiary/aromatic N) is 1. The Hall–Kier alpha value is -2.64. The quantitative estimate of drug-likeness (QED) is 0.533. The molecule has 2 aromatic rings. The third kappa shape index (κ3) is 6.24. The Labute approximate surface area is 202 Å². The van der Waals surface area contributed by atoms with Crippen molar-refractivity contribution in [2.75, 3.05) is 41.5 Å². The van der Waals surface area contributed by atoms with Crippen molar-refractivity contribution in [3.05, 3.63) is 41.5 Å². The number of methoxy groups -OCH3 is 3. The molecule has 0 radical (unpaired) electrons. The summed E-state index contributed by atoms with van der Waals surface area (Å²) in [4.78, 5) is 15.1. The van der Waals surface area contributed by atoms with Gasteiger partial charge in [0.25, 0.3) is 5.91 Å². The molecule has 33 heavy (non-hydrogen) atoms. The number of benzene rings is 2. The number of hydrogen-bond donors (Lipinski definition) is 1. The molecule has 0 aliphatic heterocycles. The Balaban J connectivity index is 0.00000385. The Kier molecular flexibility index (Phi) is 10.1. The van der Waals surface area contributed by atoms with E-state index in [1.54, 1.807) is 11.0 Å². The van der Waals surface area contributed by atoms with Gasteiger partial charge in [-0.3, -0.25) is 4.79 Å². The minimum Gasteiger partial charge on any atom is -0.492 e. The van der Waals surface area contributed by atoms with Crippen LogP contribution in [0, 0.1) is 5.92 Å². The minimum absolute atomic E-state index is 0. The van der Waals surface area contributed by atoms with Crippen molar-refractivity contribution >= 4 is 18.3 Å². The highest BCUT2D eigenvalue weighted by Gasteiger charge is 2.28. The van der Waals surface area contributed by atoms with Gasteiger partial charge < -0.3 is 29.6 Å². The fraction of sp³-hybridized carbons (Fsp3) is 0.480. The number of nitrogens with two attached hydrogens (primary N) is 1. The molecule has 1 fully saturated rings. The maximum Gasteiger partial charge on any atom is 0.257 e. The number of carbonyl (C=O) groups is 1. The summed E-state index contributed by atoms with van der Waals surface area (Å²) in [7, 11) is 6.39. The Morgan fingerprint density at radius 3 is 2.15 bits per heavy atom. The van der Waals surface area contributed by atoms with Crippen LogP contribution in [-0.4, -0.2) is 52.3 Å². The number of carbonyl (C=O) groups excluding carboxylic acids is 1. The molecule has 8 heteroatoms. The summed E-state index contributed by atoms with van der Waals surface area (Å²) in [5.74, 6) is 2.42. The summed E-state index contributed by atoms with van der Waals surface area (Å²) in [6.07, 6.45) is 5.58. The topological polar surface area (TPSA) is 83.3 Å². The average molecular weight is 479 g/mol. The van der Waals surface area contributed by atoms with Crippen LogP contribution in [-0.2, 0) is 6.42 Å². The standard InChI is InChI=1S/C25H34N2O5.ClH/c1-27(16-18-7-5-6-8-18)25(28)20-15-21(23(30-3)24(31-4)22(20)29-2)32-19-11-9-17(10-12-19)13-14-26;/h9-12,15,18H,5-8,13-14,16,26H2,1-4H3;1H. The summed E-state index contributed by atoms with van der Waals surface area (Å²) >= 11 is 0. The maximum absolute atomic E-state index is 13.4. The molecular formula is C25H35ClN2O5. The van der Waals surface area contributed by atoms with Gasteiger partial charge in [-0.1, -0.05) is 25.0 Å². The number of ether oxygens (including phenoxy) is 4. The van der Waals surface area contributed by atoms with Crippen molar-refractivity contribution in [2.24, 2.45) is 11.7 Å². The molecule has 1 amide bonds. The SMILES string of the molecule is COc1c(Oc2ccc(CCN)cc2)cc(C(=O)N(C)CC2CCCC2)c(OC)c1OC.Cl. The van der Waals surface area contributed by atoms with E-state index < -0.39 is 0 Å². The summed E-state index contributed by atoms with van der Waals surface area (Å²) < 4.78 is 22.8. The first-order valence-electron chi connectivity index (χ1n) is 11.1. The Bertz CT molecular complexity index is 914. The molecule has 0 aromatic heterocycles. The van der Waals surface area contributed by atoms with Crippen LogP contribution in [0.2, 0.25) is 0 Å². The molecule has 0 heterocycles. The van der Waals surface area contributed by atoms with Crippen molar-refractivity contribution in [3.8, 4) is 28.7 Å². The first-order valence-corrected chi connectivity index (χ1v) is 11.1. The van der Waals surface area contributed by atoms with Crippen molar-refractivity contribution in [1.29, 1.82) is 0 Å². The maximum atomic E-state index is 13.4. The zero-order chi connectivity index (χ0) is 23.1. The third-order valence-electron chi connectivity index (χ3n) is 5.94. The molecule has 1 aliphatic rings. The van der Waals surface area contributed by atoms with Crippen molar-refractivity contribution < 1.29 is 23.7 Å². The molecule has 3 rings (SSSR count). The Morgan fingerprint density at radius 2 is 1.61 bits per heavy atom. The van der Waals surface area contributed by atoms with Crippen LogP contribution >= 0.6 is 12.4 Å². The normalized spacial score (nSPS) is 13.2. The van der Waals surface area contributed by atoms with Gasteiger partial charge in [-0.15, -0.1) is 12.4 Å². The van der Waals surface area contributed by atoms with E-state index >= 15 is 0 Å². The number of rotatable bonds is 10.